The van der Waals surface area contributed by atoms with Gasteiger partial charge in [-0.25, -0.2) is 4.79 Å². The van der Waals surface area contributed by atoms with E-state index in [1.54, 1.807) is 20.8 Å². The highest BCUT2D eigenvalue weighted by molar-refractivity contribution is 5.86. The fraction of sp³-hybridized carbons (Fsp3) is 0.250. The lowest BCUT2D eigenvalue weighted by Gasteiger charge is -2.21. The predicted molar refractivity (Wildman–Crippen MR) is 93.4 cm³/mol. The summed E-state index contributed by atoms with van der Waals surface area (Å²) in [6.07, 6.45) is -1.31. The van der Waals surface area contributed by atoms with Crippen LogP contribution in [0.4, 0.5) is 0 Å². The van der Waals surface area contributed by atoms with Gasteiger partial charge in [-0.05, 0) is 32.4 Å². The Balaban J connectivity index is 2.03. The minimum atomic E-state index is -0.729. The molecule has 0 N–H and O–H groups in total. The number of rotatable bonds is 7. The van der Waals surface area contributed by atoms with E-state index < -0.39 is 18.5 Å². The molecule has 0 bridgehead atoms. The van der Waals surface area contributed by atoms with Crippen LogP contribution in [0.3, 0.4) is 0 Å². The van der Waals surface area contributed by atoms with E-state index in [2.05, 4.69) is 6.58 Å². The first kappa shape index (κ1) is 17.8. The van der Waals surface area contributed by atoms with Gasteiger partial charge >= 0.3 is 5.97 Å². The van der Waals surface area contributed by atoms with Crippen LogP contribution in [0.15, 0.2) is 66.7 Å². The van der Waals surface area contributed by atoms with Crippen LogP contribution >= 0.6 is 0 Å². The molecule has 0 aliphatic heterocycles. The Labute approximate surface area is 142 Å². The average Bonchev–Trinajstić information content (AvgIpc) is 2.55. The summed E-state index contributed by atoms with van der Waals surface area (Å²) < 4.78 is 16.5. The quantitative estimate of drug-likeness (QED) is 0.425. The Hall–Kier alpha value is -2.59. The third-order valence-corrected chi connectivity index (χ3v) is 3.27. The number of hydrogen-bond donors (Lipinski definition) is 0. The van der Waals surface area contributed by atoms with Gasteiger partial charge in [0.2, 0.25) is 12.6 Å². The maximum atomic E-state index is 11.5. The van der Waals surface area contributed by atoms with Gasteiger partial charge in [-0.3, -0.25) is 0 Å². The standard InChI is InChI=1S/C20H22O4/c1-14(2)20(21)24-16(4)22-15(3)23-19-13-9-8-12-18(19)17-10-6-5-7-11-17/h5-13,15-16H,1H2,2-4H3. The number of hydrogen-bond acceptors (Lipinski definition) is 4. The molecule has 24 heavy (non-hydrogen) atoms. The number of carbonyl (C=O) groups is 1. The summed E-state index contributed by atoms with van der Waals surface area (Å²) in [6.45, 7) is 8.53. The van der Waals surface area contributed by atoms with Crippen molar-refractivity contribution in [3.63, 3.8) is 0 Å². The normalized spacial score (nSPS) is 13.0. The minimum Gasteiger partial charge on any atom is -0.464 e. The van der Waals surface area contributed by atoms with Crippen LogP contribution in [-0.2, 0) is 14.3 Å². The van der Waals surface area contributed by atoms with Crippen molar-refractivity contribution in [2.75, 3.05) is 0 Å². The van der Waals surface area contributed by atoms with Crippen molar-refractivity contribution >= 4 is 5.97 Å². The highest BCUT2D eigenvalue weighted by atomic mass is 16.8. The second-order valence-electron chi connectivity index (χ2n) is 5.44. The zero-order chi connectivity index (χ0) is 17.5. The van der Waals surface area contributed by atoms with Gasteiger partial charge in [-0.1, -0.05) is 55.1 Å². The molecule has 2 aromatic carbocycles. The van der Waals surface area contributed by atoms with E-state index in [4.69, 9.17) is 14.2 Å². The van der Waals surface area contributed by atoms with Crippen LogP contribution in [0.2, 0.25) is 0 Å². The summed E-state index contributed by atoms with van der Waals surface area (Å²) in [5.41, 5.74) is 2.36. The molecule has 0 aliphatic carbocycles. The van der Waals surface area contributed by atoms with E-state index in [1.807, 2.05) is 54.6 Å². The topological polar surface area (TPSA) is 44.8 Å². The molecule has 0 saturated carbocycles. The van der Waals surface area contributed by atoms with Crippen LogP contribution in [0.25, 0.3) is 11.1 Å². The molecule has 2 unspecified atom stereocenters. The molecule has 0 heterocycles. The summed E-state index contributed by atoms with van der Waals surface area (Å²) in [7, 11) is 0. The lowest BCUT2D eigenvalue weighted by molar-refractivity contribution is -0.205. The highest BCUT2D eigenvalue weighted by Gasteiger charge is 2.16. The van der Waals surface area contributed by atoms with Crippen LogP contribution in [-0.4, -0.2) is 18.5 Å². The van der Waals surface area contributed by atoms with E-state index in [0.29, 0.717) is 11.3 Å². The van der Waals surface area contributed by atoms with Gasteiger partial charge in [0, 0.05) is 11.1 Å². The lowest BCUT2D eigenvalue weighted by atomic mass is 10.1. The summed E-state index contributed by atoms with van der Waals surface area (Å²) >= 11 is 0. The number of esters is 1. The molecular formula is C20H22O4. The Morgan fingerprint density at radius 2 is 1.58 bits per heavy atom. The van der Waals surface area contributed by atoms with Crippen LogP contribution in [0.5, 0.6) is 5.75 Å². The van der Waals surface area contributed by atoms with Gasteiger partial charge in [0.05, 0.1) is 0 Å². The van der Waals surface area contributed by atoms with Gasteiger partial charge in [0.1, 0.15) is 5.75 Å². The van der Waals surface area contributed by atoms with E-state index in [1.165, 1.54) is 0 Å². The van der Waals surface area contributed by atoms with E-state index in [-0.39, 0.29) is 0 Å². The third kappa shape index (κ3) is 4.96. The molecule has 2 aromatic rings. The first-order chi connectivity index (χ1) is 11.5. The molecule has 2 atom stereocenters. The van der Waals surface area contributed by atoms with Gasteiger partial charge in [-0.2, -0.15) is 0 Å². The first-order valence-electron chi connectivity index (χ1n) is 7.80. The predicted octanol–water partition coefficient (Wildman–Crippen LogP) is 4.56. The van der Waals surface area contributed by atoms with E-state index in [0.717, 1.165) is 11.1 Å². The van der Waals surface area contributed by atoms with Gasteiger partial charge < -0.3 is 14.2 Å². The molecule has 0 radical (unpaired) electrons. The zero-order valence-corrected chi connectivity index (χ0v) is 14.2. The second-order valence-corrected chi connectivity index (χ2v) is 5.44. The Bertz CT molecular complexity index is 694. The van der Waals surface area contributed by atoms with Gasteiger partial charge in [0.15, 0.2) is 0 Å². The summed E-state index contributed by atoms with van der Waals surface area (Å²) in [6, 6.07) is 17.7. The van der Waals surface area contributed by atoms with Crippen molar-refractivity contribution in [3.05, 3.63) is 66.7 Å². The SMILES string of the molecule is C=C(C)C(=O)OC(C)OC(C)Oc1ccccc1-c1ccccc1. The molecule has 4 nitrogen and oxygen atoms in total. The molecule has 2 rings (SSSR count). The molecule has 0 aliphatic rings. The van der Waals surface area contributed by atoms with Crippen molar-refractivity contribution < 1.29 is 19.0 Å². The number of para-hydroxylation sites is 1. The molecule has 0 spiro atoms. The number of benzene rings is 2. The minimum absolute atomic E-state index is 0.327. The first-order valence-corrected chi connectivity index (χ1v) is 7.80. The highest BCUT2D eigenvalue weighted by Crippen LogP contribution is 2.30. The largest absolute Gasteiger partial charge is 0.464 e. The number of ether oxygens (including phenoxy) is 3. The summed E-state index contributed by atoms with van der Waals surface area (Å²) in [5, 5.41) is 0. The Morgan fingerprint density at radius 1 is 0.958 bits per heavy atom. The maximum absolute atomic E-state index is 11.5. The van der Waals surface area contributed by atoms with Crippen LogP contribution < -0.4 is 4.74 Å². The molecule has 0 fully saturated rings. The Kier molecular flexibility index (Phi) is 6.15. The third-order valence-electron chi connectivity index (χ3n) is 3.27. The second kappa shape index (κ2) is 8.31. The molecule has 4 heteroatoms. The molecule has 0 aromatic heterocycles. The summed E-state index contributed by atoms with van der Waals surface area (Å²) in [4.78, 5) is 11.5. The fourth-order valence-corrected chi connectivity index (χ4v) is 2.18. The maximum Gasteiger partial charge on any atom is 0.335 e. The number of carbonyl (C=O) groups excluding carboxylic acids is 1. The van der Waals surface area contributed by atoms with Crippen molar-refractivity contribution in [1.29, 1.82) is 0 Å². The monoisotopic (exact) mass is 326 g/mol. The smallest absolute Gasteiger partial charge is 0.335 e. The van der Waals surface area contributed by atoms with Gasteiger partial charge in [0.25, 0.3) is 0 Å². The van der Waals surface area contributed by atoms with Crippen molar-refractivity contribution in [2.45, 2.75) is 33.4 Å². The molecule has 0 saturated heterocycles. The zero-order valence-electron chi connectivity index (χ0n) is 14.2. The Morgan fingerprint density at radius 3 is 2.25 bits per heavy atom. The van der Waals surface area contributed by atoms with Crippen molar-refractivity contribution in [3.8, 4) is 16.9 Å². The van der Waals surface area contributed by atoms with Crippen molar-refractivity contribution in [1.82, 2.24) is 0 Å². The summed E-state index contributed by atoms with van der Waals surface area (Å²) in [5.74, 6) is 0.217. The van der Waals surface area contributed by atoms with E-state index in [9.17, 15) is 4.79 Å². The van der Waals surface area contributed by atoms with Crippen molar-refractivity contribution in [2.24, 2.45) is 0 Å². The fourth-order valence-electron chi connectivity index (χ4n) is 2.18. The molecule has 126 valence electrons. The van der Waals surface area contributed by atoms with Crippen LogP contribution in [0, 0.1) is 0 Å². The molecular weight excluding hydrogens is 304 g/mol. The lowest BCUT2D eigenvalue weighted by Crippen LogP contribution is -2.26. The van der Waals surface area contributed by atoms with Gasteiger partial charge in [-0.15, -0.1) is 0 Å². The molecule has 0 amide bonds. The average molecular weight is 326 g/mol. The van der Waals surface area contributed by atoms with E-state index >= 15 is 0 Å². The van der Waals surface area contributed by atoms with Crippen LogP contribution in [0.1, 0.15) is 20.8 Å².